The van der Waals surface area contributed by atoms with Crippen LogP contribution in [0.5, 0.6) is 0 Å². The number of nitrogens with one attached hydrogen (secondary N) is 1. The highest BCUT2D eigenvalue weighted by atomic mass is 35.5. The smallest absolute Gasteiger partial charge is 0.249 e. The number of rotatable bonds is 4. The maximum atomic E-state index is 12.1. The number of benzene rings is 2. The highest BCUT2D eigenvalue weighted by Gasteiger charge is 2.29. The molecular formula is C17H21ClN2O2. The van der Waals surface area contributed by atoms with Gasteiger partial charge in [-0.15, -0.1) is 12.4 Å². The van der Waals surface area contributed by atoms with Crippen LogP contribution < -0.4 is 11.1 Å². The van der Waals surface area contributed by atoms with Gasteiger partial charge in [-0.1, -0.05) is 36.4 Å². The Kier molecular flexibility index (Phi) is 5.77. The van der Waals surface area contributed by atoms with Crippen molar-refractivity contribution in [2.24, 2.45) is 5.73 Å². The SMILES string of the molecule is Cl.NC[C@H]1CC[C@@H](C(=O)NCc2ccc3ccccc3c2)O1. The highest BCUT2D eigenvalue weighted by molar-refractivity contribution is 5.85. The standard InChI is InChI=1S/C17H20N2O2.ClH/c18-10-15-7-8-16(21-15)17(20)19-11-12-5-6-13-3-1-2-4-14(13)9-12;/h1-6,9,15-16H,7-8,10-11,18H2,(H,19,20);1H/t15-,16+;/m1./s1. The van der Waals surface area contributed by atoms with E-state index in [4.69, 9.17) is 10.5 Å². The van der Waals surface area contributed by atoms with Crippen LogP contribution in [0.1, 0.15) is 18.4 Å². The van der Waals surface area contributed by atoms with E-state index in [0.29, 0.717) is 13.1 Å². The minimum atomic E-state index is -0.348. The molecule has 0 bridgehead atoms. The van der Waals surface area contributed by atoms with Crippen molar-refractivity contribution in [1.82, 2.24) is 5.32 Å². The Balaban J connectivity index is 0.00000176. The molecule has 3 N–H and O–H groups in total. The van der Waals surface area contributed by atoms with E-state index in [1.807, 2.05) is 18.2 Å². The minimum absolute atomic E-state index is 0. The Morgan fingerprint density at radius 3 is 2.68 bits per heavy atom. The molecule has 1 amide bonds. The summed E-state index contributed by atoms with van der Waals surface area (Å²) in [5, 5.41) is 5.34. The normalized spacial score (nSPS) is 20.6. The number of fused-ring (bicyclic) bond motifs is 1. The number of halogens is 1. The van der Waals surface area contributed by atoms with E-state index in [1.165, 1.54) is 10.8 Å². The van der Waals surface area contributed by atoms with Crippen LogP contribution in [0.4, 0.5) is 0 Å². The first-order valence-corrected chi connectivity index (χ1v) is 7.37. The van der Waals surface area contributed by atoms with Crippen LogP contribution in [0.15, 0.2) is 42.5 Å². The Bertz CT molecular complexity index is 647. The molecule has 0 spiro atoms. The lowest BCUT2D eigenvalue weighted by Gasteiger charge is -2.13. The third-order valence-corrected chi connectivity index (χ3v) is 3.94. The zero-order valence-electron chi connectivity index (χ0n) is 12.3. The predicted molar refractivity (Wildman–Crippen MR) is 90.0 cm³/mol. The van der Waals surface area contributed by atoms with E-state index >= 15 is 0 Å². The van der Waals surface area contributed by atoms with E-state index in [2.05, 4.69) is 29.6 Å². The van der Waals surface area contributed by atoms with Gasteiger partial charge in [-0.2, -0.15) is 0 Å². The van der Waals surface area contributed by atoms with Crippen molar-refractivity contribution in [3.63, 3.8) is 0 Å². The summed E-state index contributed by atoms with van der Waals surface area (Å²) >= 11 is 0. The van der Waals surface area contributed by atoms with Crippen molar-refractivity contribution in [1.29, 1.82) is 0 Å². The Labute approximate surface area is 136 Å². The monoisotopic (exact) mass is 320 g/mol. The van der Waals surface area contributed by atoms with Gasteiger partial charge in [-0.05, 0) is 35.2 Å². The Morgan fingerprint density at radius 1 is 1.18 bits per heavy atom. The van der Waals surface area contributed by atoms with Crippen LogP contribution >= 0.6 is 12.4 Å². The number of carbonyl (C=O) groups excluding carboxylic acids is 1. The first-order chi connectivity index (χ1) is 10.3. The largest absolute Gasteiger partial charge is 0.364 e. The summed E-state index contributed by atoms with van der Waals surface area (Å²) in [6, 6.07) is 14.4. The van der Waals surface area contributed by atoms with Crippen molar-refractivity contribution in [2.75, 3.05) is 6.54 Å². The lowest BCUT2D eigenvalue weighted by atomic mass is 10.1. The van der Waals surface area contributed by atoms with E-state index < -0.39 is 0 Å². The van der Waals surface area contributed by atoms with Crippen molar-refractivity contribution in [3.05, 3.63) is 48.0 Å². The number of hydrogen-bond donors (Lipinski definition) is 2. The van der Waals surface area contributed by atoms with Crippen LogP contribution in [-0.2, 0) is 16.1 Å². The Hall–Kier alpha value is -1.62. The van der Waals surface area contributed by atoms with Crippen molar-refractivity contribution in [2.45, 2.75) is 31.6 Å². The maximum Gasteiger partial charge on any atom is 0.249 e. The molecule has 1 heterocycles. The average Bonchev–Trinajstić information content (AvgIpc) is 3.01. The van der Waals surface area contributed by atoms with E-state index in [-0.39, 0.29) is 30.5 Å². The summed E-state index contributed by atoms with van der Waals surface area (Å²) < 4.78 is 5.59. The topological polar surface area (TPSA) is 64.4 Å². The van der Waals surface area contributed by atoms with E-state index in [1.54, 1.807) is 0 Å². The third-order valence-electron chi connectivity index (χ3n) is 3.94. The third kappa shape index (κ3) is 3.77. The summed E-state index contributed by atoms with van der Waals surface area (Å²) in [7, 11) is 0. The zero-order valence-corrected chi connectivity index (χ0v) is 13.1. The lowest BCUT2D eigenvalue weighted by Crippen LogP contribution is -2.35. The molecule has 5 heteroatoms. The molecule has 0 unspecified atom stereocenters. The van der Waals surface area contributed by atoms with Crippen LogP contribution in [0, 0.1) is 0 Å². The van der Waals surface area contributed by atoms with Gasteiger partial charge < -0.3 is 15.8 Å². The number of amides is 1. The molecule has 0 saturated carbocycles. The zero-order chi connectivity index (χ0) is 14.7. The molecule has 1 saturated heterocycles. The average molecular weight is 321 g/mol. The Morgan fingerprint density at radius 2 is 1.95 bits per heavy atom. The van der Waals surface area contributed by atoms with Gasteiger partial charge in [0.25, 0.3) is 0 Å². The molecule has 0 aliphatic carbocycles. The summed E-state index contributed by atoms with van der Waals surface area (Å²) in [4.78, 5) is 12.1. The molecule has 2 aromatic carbocycles. The molecule has 0 aromatic heterocycles. The number of nitrogens with two attached hydrogens (primary N) is 1. The predicted octanol–water partition coefficient (Wildman–Crippen LogP) is 2.38. The van der Waals surface area contributed by atoms with E-state index in [9.17, 15) is 4.79 Å². The molecule has 3 rings (SSSR count). The lowest BCUT2D eigenvalue weighted by molar-refractivity contribution is -0.132. The van der Waals surface area contributed by atoms with Crippen molar-refractivity contribution < 1.29 is 9.53 Å². The van der Waals surface area contributed by atoms with Gasteiger partial charge in [0.1, 0.15) is 6.10 Å². The van der Waals surface area contributed by atoms with Crippen molar-refractivity contribution in [3.8, 4) is 0 Å². The molecule has 4 nitrogen and oxygen atoms in total. The van der Waals surface area contributed by atoms with Crippen LogP contribution in [0.25, 0.3) is 10.8 Å². The maximum absolute atomic E-state index is 12.1. The first kappa shape index (κ1) is 16.7. The van der Waals surface area contributed by atoms with Gasteiger partial charge >= 0.3 is 0 Å². The molecule has 0 radical (unpaired) electrons. The summed E-state index contributed by atoms with van der Waals surface area (Å²) in [6.45, 7) is 1.01. The minimum Gasteiger partial charge on any atom is -0.364 e. The van der Waals surface area contributed by atoms with Gasteiger partial charge in [0.15, 0.2) is 0 Å². The molecule has 118 valence electrons. The summed E-state index contributed by atoms with van der Waals surface area (Å²) in [5.41, 5.74) is 6.65. The summed E-state index contributed by atoms with van der Waals surface area (Å²) in [6.07, 6.45) is 1.30. The first-order valence-electron chi connectivity index (χ1n) is 7.37. The van der Waals surface area contributed by atoms with Crippen molar-refractivity contribution >= 4 is 29.1 Å². The molecule has 1 aliphatic heterocycles. The number of hydrogen-bond acceptors (Lipinski definition) is 3. The summed E-state index contributed by atoms with van der Waals surface area (Å²) in [5.74, 6) is -0.0425. The molecule has 2 aromatic rings. The number of ether oxygens (including phenoxy) is 1. The fourth-order valence-corrected chi connectivity index (χ4v) is 2.72. The fourth-order valence-electron chi connectivity index (χ4n) is 2.72. The second-order valence-electron chi connectivity index (χ2n) is 5.46. The molecule has 22 heavy (non-hydrogen) atoms. The van der Waals surface area contributed by atoms with Gasteiger partial charge in [0.2, 0.25) is 5.91 Å². The second-order valence-corrected chi connectivity index (χ2v) is 5.46. The van der Waals surface area contributed by atoms with E-state index in [0.717, 1.165) is 18.4 Å². The van der Waals surface area contributed by atoms with Gasteiger partial charge in [-0.3, -0.25) is 4.79 Å². The van der Waals surface area contributed by atoms with Crippen LogP contribution in [-0.4, -0.2) is 24.7 Å². The van der Waals surface area contributed by atoms with Gasteiger partial charge in [0, 0.05) is 13.1 Å². The quantitative estimate of drug-likeness (QED) is 0.909. The highest BCUT2D eigenvalue weighted by Crippen LogP contribution is 2.19. The van der Waals surface area contributed by atoms with Crippen LogP contribution in [0.2, 0.25) is 0 Å². The molecular weight excluding hydrogens is 300 g/mol. The van der Waals surface area contributed by atoms with Gasteiger partial charge in [0.05, 0.1) is 6.10 Å². The fraction of sp³-hybridized carbons (Fsp3) is 0.353. The molecule has 1 fully saturated rings. The second kappa shape index (κ2) is 7.58. The van der Waals surface area contributed by atoms with Crippen LogP contribution in [0.3, 0.4) is 0 Å². The molecule has 1 aliphatic rings. The number of carbonyl (C=O) groups is 1. The molecule has 2 atom stereocenters. The van der Waals surface area contributed by atoms with Gasteiger partial charge in [-0.25, -0.2) is 0 Å².